The first-order valence-electron chi connectivity index (χ1n) is 10.1. The Labute approximate surface area is 165 Å². The minimum atomic E-state index is -0.799. The normalized spacial score (nSPS) is 33.8. The molecule has 5 heteroatoms. The number of rotatable bonds is 7. The molecule has 4 aliphatic carbocycles. The van der Waals surface area contributed by atoms with E-state index in [1.807, 2.05) is 0 Å². The van der Waals surface area contributed by atoms with E-state index in [1.54, 1.807) is 0 Å². The van der Waals surface area contributed by atoms with Crippen LogP contribution in [0, 0.1) is 24.2 Å². The molecule has 2 atom stereocenters. The van der Waals surface area contributed by atoms with Crippen molar-refractivity contribution in [2.24, 2.45) is 17.3 Å². The third-order valence-corrected chi connectivity index (χ3v) is 7.91. The van der Waals surface area contributed by atoms with Crippen LogP contribution in [0.15, 0.2) is 24.3 Å². The minimum absolute atomic E-state index is 0.0989. The van der Waals surface area contributed by atoms with Gasteiger partial charge in [-0.3, -0.25) is 9.59 Å². The number of thioether (sulfide) groups is 1. The molecule has 1 amide bonds. The van der Waals surface area contributed by atoms with E-state index in [4.69, 9.17) is 5.11 Å². The van der Waals surface area contributed by atoms with Gasteiger partial charge in [0.25, 0.3) is 0 Å². The van der Waals surface area contributed by atoms with Crippen LogP contribution in [0.3, 0.4) is 0 Å². The van der Waals surface area contributed by atoms with E-state index in [0.717, 1.165) is 19.3 Å². The number of hydrogen-bond donors (Lipinski definition) is 2. The highest BCUT2D eigenvalue weighted by Gasteiger charge is 2.60. The van der Waals surface area contributed by atoms with Gasteiger partial charge in [0, 0.05) is 12.3 Å². The summed E-state index contributed by atoms with van der Waals surface area (Å²) in [6.45, 7) is 2.69. The second kappa shape index (κ2) is 7.16. The molecule has 27 heavy (non-hydrogen) atoms. The molecular formula is C22H29NO3S. The van der Waals surface area contributed by atoms with Gasteiger partial charge < -0.3 is 10.4 Å². The molecule has 0 heterocycles. The number of carbonyl (C=O) groups is 2. The van der Waals surface area contributed by atoms with E-state index >= 15 is 0 Å². The molecule has 4 bridgehead atoms. The van der Waals surface area contributed by atoms with Crippen molar-refractivity contribution in [2.75, 3.05) is 18.1 Å². The fourth-order valence-corrected chi connectivity index (χ4v) is 6.92. The van der Waals surface area contributed by atoms with Gasteiger partial charge in [0.1, 0.15) is 0 Å². The first-order valence-corrected chi connectivity index (χ1v) is 11.2. The third-order valence-electron chi connectivity index (χ3n) is 6.96. The van der Waals surface area contributed by atoms with Gasteiger partial charge in [0.05, 0.1) is 11.2 Å². The Morgan fingerprint density at radius 1 is 1.15 bits per heavy atom. The van der Waals surface area contributed by atoms with Gasteiger partial charge in [-0.15, -0.1) is 11.8 Å². The van der Waals surface area contributed by atoms with Gasteiger partial charge in [-0.05, 0) is 68.3 Å². The van der Waals surface area contributed by atoms with Crippen molar-refractivity contribution in [1.82, 2.24) is 5.32 Å². The Balaban J connectivity index is 1.47. The fourth-order valence-electron chi connectivity index (χ4n) is 6.36. The van der Waals surface area contributed by atoms with Crippen LogP contribution in [0.1, 0.15) is 49.7 Å². The maximum Gasteiger partial charge on any atom is 0.313 e. The van der Waals surface area contributed by atoms with Crippen LogP contribution in [0.2, 0.25) is 0 Å². The lowest BCUT2D eigenvalue weighted by atomic mass is 9.42. The van der Waals surface area contributed by atoms with Crippen molar-refractivity contribution in [3.63, 3.8) is 0 Å². The minimum Gasteiger partial charge on any atom is -0.481 e. The summed E-state index contributed by atoms with van der Waals surface area (Å²) in [6, 6.07) is 8.99. The van der Waals surface area contributed by atoms with E-state index < -0.39 is 5.97 Å². The molecule has 0 aromatic heterocycles. The summed E-state index contributed by atoms with van der Waals surface area (Å²) in [5.74, 6) is 1.50. The summed E-state index contributed by atoms with van der Waals surface area (Å²) in [6.07, 6.45) is 6.80. The maximum absolute atomic E-state index is 13.2. The zero-order chi connectivity index (χ0) is 19.1. The zero-order valence-corrected chi connectivity index (χ0v) is 16.8. The lowest BCUT2D eigenvalue weighted by Gasteiger charge is -2.61. The maximum atomic E-state index is 13.2. The van der Waals surface area contributed by atoms with Crippen LogP contribution in [0.5, 0.6) is 0 Å². The summed E-state index contributed by atoms with van der Waals surface area (Å²) in [7, 11) is 0. The number of benzene rings is 1. The lowest BCUT2D eigenvalue weighted by molar-refractivity contribution is -0.149. The van der Waals surface area contributed by atoms with Crippen LogP contribution in [0.4, 0.5) is 0 Å². The molecule has 4 nitrogen and oxygen atoms in total. The highest BCUT2D eigenvalue weighted by atomic mass is 32.2. The van der Waals surface area contributed by atoms with Crippen LogP contribution in [-0.4, -0.2) is 35.0 Å². The van der Waals surface area contributed by atoms with Crippen LogP contribution < -0.4 is 5.32 Å². The second-order valence-electron chi connectivity index (χ2n) is 9.09. The number of carboxylic acids is 1. The zero-order valence-electron chi connectivity index (χ0n) is 16.0. The van der Waals surface area contributed by atoms with Gasteiger partial charge >= 0.3 is 5.97 Å². The molecule has 4 fully saturated rings. The molecule has 0 saturated heterocycles. The lowest BCUT2D eigenvalue weighted by Crippen LogP contribution is -2.59. The van der Waals surface area contributed by atoms with Crippen molar-refractivity contribution in [1.29, 1.82) is 0 Å². The molecule has 4 saturated carbocycles. The third kappa shape index (κ3) is 3.63. The Bertz CT molecular complexity index is 716. The van der Waals surface area contributed by atoms with Crippen LogP contribution in [-0.2, 0) is 15.0 Å². The summed E-state index contributed by atoms with van der Waals surface area (Å²) < 4.78 is 0. The molecule has 2 N–H and O–H groups in total. The van der Waals surface area contributed by atoms with Crippen molar-refractivity contribution < 1.29 is 14.7 Å². The first-order chi connectivity index (χ1) is 12.9. The highest BCUT2D eigenvalue weighted by Crippen LogP contribution is 2.65. The second-order valence-corrected chi connectivity index (χ2v) is 10.2. The molecule has 146 valence electrons. The topological polar surface area (TPSA) is 66.4 Å². The number of aryl methyl sites for hydroxylation is 1. The predicted molar refractivity (Wildman–Crippen MR) is 108 cm³/mol. The number of hydrogen-bond acceptors (Lipinski definition) is 3. The van der Waals surface area contributed by atoms with E-state index in [9.17, 15) is 9.59 Å². The fraction of sp³-hybridized carbons (Fsp3) is 0.636. The SMILES string of the molecule is Cc1ccc(C23CC4CC(CC(C(=O)NCCSCC(=O)O)(C4)C2)C3)cc1. The van der Waals surface area contributed by atoms with Gasteiger partial charge in [-0.2, -0.15) is 0 Å². The standard InChI is InChI=1S/C22H29NO3S/c1-15-2-4-18(5-3-15)21-9-16-8-17(10-21)12-22(11-16,14-21)20(26)23-6-7-27-13-19(24)25/h2-5,16-17H,6-14H2,1H3,(H,23,26)(H,24,25). The molecule has 0 radical (unpaired) electrons. The van der Waals surface area contributed by atoms with Crippen molar-refractivity contribution in [3.05, 3.63) is 35.4 Å². The highest BCUT2D eigenvalue weighted by molar-refractivity contribution is 7.99. The number of amides is 1. The number of carboxylic acid groups (broad SMARTS) is 1. The molecule has 0 aliphatic heterocycles. The van der Waals surface area contributed by atoms with Crippen molar-refractivity contribution in [3.8, 4) is 0 Å². The summed E-state index contributed by atoms with van der Waals surface area (Å²) >= 11 is 1.36. The van der Waals surface area contributed by atoms with Crippen molar-refractivity contribution >= 4 is 23.6 Å². The summed E-state index contributed by atoms with van der Waals surface area (Å²) in [5.41, 5.74) is 2.67. The van der Waals surface area contributed by atoms with E-state index in [-0.39, 0.29) is 22.5 Å². The number of carbonyl (C=O) groups excluding carboxylic acids is 1. The Kier molecular flexibility index (Phi) is 5.00. The van der Waals surface area contributed by atoms with Gasteiger partial charge in [0.15, 0.2) is 0 Å². The molecule has 1 aromatic carbocycles. The molecular weight excluding hydrogens is 358 g/mol. The smallest absolute Gasteiger partial charge is 0.313 e. The van der Waals surface area contributed by atoms with Crippen LogP contribution >= 0.6 is 11.8 Å². The van der Waals surface area contributed by atoms with Crippen molar-refractivity contribution in [2.45, 2.75) is 50.9 Å². The Morgan fingerprint density at radius 2 is 1.81 bits per heavy atom. The Morgan fingerprint density at radius 3 is 2.44 bits per heavy atom. The first kappa shape index (κ1) is 18.9. The van der Waals surface area contributed by atoms with E-state index in [1.165, 1.54) is 42.2 Å². The monoisotopic (exact) mass is 387 g/mol. The predicted octanol–water partition coefficient (Wildman–Crippen LogP) is 3.77. The molecule has 2 unspecified atom stereocenters. The molecule has 1 aromatic rings. The number of nitrogens with one attached hydrogen (secondary N) is 1. The van der Waals surface area contributed by atoms with Gasteiger partial charge in [-0.25, -0.2) is 0 Å². The Hall–Kier alpha value is -1.49. The van der Waals surface area contributed by atoms with Gasteiger partial charge in [0.2, 0.25) is 5.91 Å². The molecule has 5 rings (SSSR count). The van der Waals surface area contributed by atoms with Gasteiger partial charge in [-0.1, -0.05) is 29.8 Å². The average molecular weight is 388 g/mol. The van der Waals surface area contributed by atoms with Crippen LogP contribution in [0.25, 0.3) is 0 Å². The molecule has 4 aliphatic rings. The largest absolute Gasteiger partial charge is 0.481 e. The number of aliphatic carboxylic acids is 1. The van der Waals surface area contributed by atoms with E-state index in [2.05, 4.69) is 36.5 Å². The van der Waals surface area contributed by atoms with E-state index in [0.29, 0.717) is 24.1 Å². The summed E-state index contributed by atoms with van der Waals surface area (Å²) in [5, 5.41) is 11.9. The summed E-state index contributed by atoms with van der Waals surface area (Å²) in [4.78, 5) is 23.8. The quantitative estimate of drug-likeness (QED) is 0.699. The molecule has 0 spiro atoms. The average Bonchev–Trinajstić information content (AvgIpc) is 2.60.